The normalized spacial score (nSPS) is 13.0. The van der Waals surface area contributed by atoms with Gasteiger partial charge in [0.2, 0.25) is 5.88 Å². The van der Waals surface area contributed by atoms with E-state index in [1.165, 1.54) is 24.3 Å². The predicted molar refractivity (Wildman–Crippen MR) is 108 cm³/mol. The second kappa shape index (κ2) is 10.4. The maximum Gasteiger partial charge on any atom is 0.310 e. The number of benzene rings is 1. The molecule has 2 rings (SSSR count). The summed E-state index contributed by atoms with van der Waals surface area (Å²) >= 11 is 11.4. The van der Waals surface area contributed by atoms with Gasteiger partial charge in [0.05, 0.1) is 11.6 Å². The van der Waals surface area contributed by atoms with Gasteiger partial charge in [0, 0.05) is 6.07 Å². The maximum absolute atomic E-state index is 13.0. The minimum Gasteiger partial charge on any atom is -0.459 e. The van der Waals surface area contributed by atoms with Crippen LogP contribution in [0, 0.1) is 23.6 Å². The Morgan fingerprint density at radius 3 is 2.43 bits per heavy atom. The molecular formula is C21H22Cl2FNO3. The largest absolute Gasteiger partial charge is 0.459 e. The number of allylic oxidation sites excluding steroid dienone is 1. The van der Waals surface area contributed by atoms with Crippen LogP contribution in [-0.2, 0) is 16.1 Å². The Balaban J connectivity index is 2.02. The number of hydrogen-bond donors (Lipinski definition) is 0. The van der Waals surface area contributed by atoms with Gasteiger partial charge in [0.25, 0.3) is 0 Å². The van der Waals surface area contributed by atoms with Crippen molar-refractivity contribution in [2.75, 3.05) is 0 Å². The Hall–Kier alpha value is -2.11. The van der Waals surface area contributed by atoms with Gasteiger partial charge in [-0.2, -0.15) is 0 Å². The van der Waals surface area contributed by atoms with Crippen LogP contribution in [0.25, 0.3) is 0 Å². The molecule has 28 heavy (non-hydrogen) atoms. The summed E-state index contributed by atoms with van der Waals surface area (Å²) in [4.78, 5) is 16.9. The van der Waals surface area contributed by atoms with Gasteiger partial charge >= 0.3 is 5.97 Å². The summed E-state index contributed by atoms with van der Waals surface area (Å²) in [5.41, 5.74) is 0.536. The lowest BCUT2D eigenvalue weighted by atomic mass is 9.84. The molecular weight excluding hydrogens is 404 g/mol. The van der Waals surface area contributed by atoms with Crippen LogP contribution in [0.2, 0.25) is 0 Å². The van der Waals surface area contributed by atoms with E-state index in [9.17, 15) is 9.18 Å². The standard InChI is InChI=1S/C21H22Cl2FNO3/c1-13(2)20(14(3)11-18(22)23)21(26)27-12-16-5-4-6-19(25-16)28-17-9-7-15(24)8-10-17/h4-11,13-14,20H,12H2,1-3H3. The molecule has 0 saturated carbocycles. The van der Waals surface area contributed by atoms with Crippen molar-refractivity contribution in [2.45, 2.75) is 27.4 Å². The molecule has 0 fully saturated rings. The molecule has 0 spiro atoms. The summed E-state index contributed by atoms with van der Waals surface area (Å²) in [5, 5.41) is 0. The summed E-state index contributed by atoms with van der Waals surface area (Å²) in [7, 11) is 0. The van der Waals surface area contributed by atoms with Crippen molar-refractivity contribution in [3.05, 3.63) is 64.5 Å². The fourth-order valence-electron chi connectivity index (χ4n) is 2.86. The lowest BCUT2D eigenvalue weighted by Gasteiger charge is -2.23. The van der Waals surface area contributed by atoms with Crippen LogP contribution in [0.1, 0.15) is 26.5 Å². The van der Waals surface area contributed by atoms with Crippen LogP contribution in [0.4, 0.5) is 4.39 Å². The molecule has 0 N–H and O–H groups in total. The molecule has 0 radical (unpaired) electrons. The number of esters is 1. The molecule has 0 amide bonds. The van der Waals surface area contributed by atoms with E-state index in [1.807, 2.05) is 20.8 Å². The van der Waals surface area contributed by atoms with Gasteiger partial charge in [-0.3, -0.25) is 4.79 Å². The Labute approximate surface area is 174 Å². The first-order chi connectivity index (χ1) is 13.3. The summed E-state index contributed by atoms with van der Waals surface area (Å²) in [5.74, 6) is -0.412. The molecule has 0 aliphatic heterocycles. The van der Waals surface area contributed by atoms with Crippen molar-refractivity contribution in [1.29, 1.82) is 0 Å². The van der Waals surface area contributed by atoms with E-state index in [4.69, 9.17) is 32.7 Å². The average Bonchev–Trinajstić information content (AvgIpc) is 2.61. The van der Waals surface area contributed by atoms with Crippen LogP contribution in [-0.4, -0.2) is 11.0 Å². The third-order valence-electron chi connectivity index (χ3n) is 4.13. The van der Waals surface area contributed by atoms with E-state index in [1.54, 1.807) is 24.3 Å². The van der Waals surface area contributed by atoms with Crippen LogP contribution in [0.15, 0.2) is 53.0 Å². The second-order valence-corrected chi connectivity index (χ2v) is 7.72. The molecule has 1 heterocycles. The Morgan fingerprint density at radius 1 is 1.14 bits per heavy atom. The van der Waals surface area contributed by atoms with E-state index in [-0.39, 0.29) is 40.6 Å². The Morgan fingerprint density at radius 2 is 1.82 bits per heavy atom. The zero-order chi connectivity index (χ0) is 20.7. The Bertz CT molecular complexity index is 821. The van der Waals surface area contributed by atoms with Gasteiger partial charge in [-0.05, 0) is 42.2 Å². The minimum absolute atomic E-state index is 0.00765. The predicted octanol–water partition coefficient (Wildman–Crippen LogP) is 6.28. The summed E-state index contributed by atoms with van der Waals surface area (Å²) in [6.07, 6.45) is 1.63. The van der Waals surface area contributed by atoms with Gasteiger partial charge in [-0.15, -0.1) is 0 Å². The van der Waals surface area contributed by atoms with Crippen LogP contribution >= 0.6 is 23.2 Å². The zero-order valence-corrected chi connectivity index (χ0v) is 17.4. The first-order valence-corrected chi connectivity index (χ1v) is 9.60. The van der Waals surface area contributed by atoms with E-state index < -0.39 is 0 Å². The van der Waals surface area contributed by atoms with Crippen molar-refractivity contribution in [3.8, 4) is 11.6 Å². The number of pyridine rings is 1. The van der Waals surface area contributed by atoms with Gasteiger partial charge in [0.15, 0.2) is 0 Å². The highest BCUT2D eigenvalue weighted by Gasteiger charge is 2.29. The van der Waals surface area contributed by atoms with Crippen molar-refractivity contribution in [1.82, 2.24) is 4.98 Å². The van der Waals surface area contributed by atoms with Gasteiger partial charge in [0.1, 0.15) is 22.7 Å². The fourth-order valence-corrected chi connectivity index (χ4v) is 3.25. The van der Waals surface area contributed by atoms with Crippen LogP contribution in [0.3, 0.4) is 0 Å². The van der Waals surface area contributed by atoms with E-state index >= 15 is 0 Å². The number of carbonyl (C=O) groups is 1. The highest BCUT2D eigenvalue weighted by atomic mass is 35.5. The number of hydrogen-bond acceptors (Lipinski definition) is 4. The molecule has 0 aliphatic rings. The molecule has 1 aromatic carbocycles. The highest BCUT2D eigenvalue weighted by Crippen LogP contribution is 2.27. The third-order valence-corrected chi connectivity index (χ3v) is 4.38. The van der Waals surface area contributed by atoms with Crippen molar-refractivity contribution < 1.29 is 18.7 Å². The molecule has 0 bridgehead atoms. The Kier molecular flexibility index (Phi) is 8.27. The molecule has 7 heteroatoms. The molecule has 0 aliphatic carbocycles. The van der Waals surface area contributed by atoms with Crippen molar-refractivity contribution in [3.63, 3.8) is 0 Å². The van der Waals surface area contributed by atoms with Crippen LogP contribution < -0.4 is 4.74 Å². The number of nitrogens with zero attached hydrogens (tertiary/aromatic N) is 1. The first kappa shape index (κ1) is 22.2. The number of halogens is 3. The molecule has 1 aromatic heterocycles. The van der Waals surface area contributed by atoms with E-state index in [2.05, 4.69) is 4.98 Å². The van der Waals surface area contributed by atoms with Crippen LogP contribution in [0.5, 0.6) is 11.6 Å². The maximum atomic E-state index is 13.0. The molecule has 4 nitrogen and oxygen atoms in total. The van der Waals surface area contributed by atoms with E-state index in [0.29, 0.717) is 17.3 Å². The highest BCUT2D eigenvalue weighted by molar-refractivity contribution is 6.55. The number of carbonyl (C=O) groups excluding carboxylic acids is 1. The summed E-state index contributed by atoms with van der Waals surface area (Å²) in [6.45, 7) is 5.75. The second-order valence-electron chi connectivity index (χ2n) is 6.72. The molecule has 0 saturated heterocycles. The minimum atomic E-state index is -0.383. The molecule has 2 unspecified atom stereocenters. The number of rotatable bonds is 8. The fraction of sp³-hybridized carbons (Fsp3) is 0.333. The van der Waals surface area contributed by atoms with Gasteiger partial charge < -0.3 is 9.47 Å². The molecule has 150 valence electrons. The average molecular weight is 426 g/mol. The molecule has 2 aromatic rings. The van der Waals surface area contributed by atoms with E-state index in [0.717, 1.165) is 0 Å². The number of aromatic nitrogens is 1. The quantitative estimate of drug-likeness (QED) is 0.466. The summed E-state index contributed by atoms with van der Waals surface area (Å²) < 4.78 is 24.1. The monoisotopic (exact) mass is 425 g/mol. The van der Waals surface area contributed by atoms with Crippen molar-refractivity contribution >= 4 is 29.2 Å². The van der Waals surface area contributed by atoms with Gasteiger partial charge in [-0.25, -0.2) is 9.37 Å². The third kappa shape index (κ3) is 6.80. The zero-order valence-electron chi connectivity index (χ0n) is 15.9. The van der Waals surface area contributed by atoms with Crippen molar-refractivity contribution in [2.24, 2.45) is 17.8 Å². The summed E-state index contributed by atoms with van der Waals surface area (Å²) in [6, 6.07) is 10.8. The smallest absolute Gasteiger partial charge is 0.310 e. The first-order valence-electron chi connectivity index (χ1n) is 8.85. The molecule has 2 atom stereocenters. The number of ether oxygens (including phenoxy) is 2. The lowest BCUT2D eigenvalue weighted by molar-refractivity contribution is -0.153. The SMILES string of the molecule is CC(C)C(C(=O)OCc1cccc(Oc2ccc(F)cc2)n1)C(C)C=C(Cl)Cl. The van der Waals surface area contributed by atoms with Gasteiger partial charge in [-0.1, -0.05) is 56.1 Å². The lowest BCUT2D eigenvalue weighted by Crippen LogP contribution is -2.28. The topological polar surface area (TPSA) is 48.4 Å².